The lowest BCUT2D eigenvalue weighted by Crippen LogP contribution is -2.52. The maximum atomic E-state index is 11.9. The molecule has 0 radical (unpaired) electrons. The first-order chi connectivity index (χ1) is 17.2. The zero-order valence-corrected chi connectivity index (χ0v) is 19.2. The Hall–Kier alpha value is -3.98. The van der Waals surface area contributed by atoms with Gasteiger partial charge in [0.05, 0.1) is 29.7 Å². The average Bonchev–Trinajstić information content (AvgIpc) is 3.48. The fraction of sp³-hybridized carbons (Fsp3) is 0.308. The molecule has 9 nitrogen and oxygen atoms in total. The van der Waals surface area contributed by atoms with Gasteiger partial charge < -0.3 is 24.4 Å². The molecule has 4 aromatic rings. The number of benzene rings is 2. The number of amides is 2. The molecule has 7 rings (SSSR count). The Morgan fingerprint density at radius 3 is 2.71 bits per heavy atom. The van der Waals surface area contributed by atoms with Crippen LogP contribution in [0.4, 0.5) is 10.7 Å². The van der Waals surface area contributed by atoms with Gasteiger partial charge in [0, 0.05) is 44.1 Å². The summed E-state index contributed by atoms with van der Waals surface area (Å²) in [5.41, 5.74) is 5.29. The normalized spacial score (nSPS) is 21.7. The zero-order chi connectivity index (χ0) is 23.4. The summed E-state index contributed by atoms with van der Waals surface area (Å²) in [6, 6.07) is 17.1. The van der Waals surface area contributed by atoms with Crippen molar-refractivity contribution in [3.05, 3.63) is 72.3 Å². The molecule has 2 fully saturated rings. The molecule has 0 spiro atoms. The molecule has 1 unspecified atom stereocenters. The van der Waals surface area contributed by atoms with Crippen LogP contribution >= 0.6 is 0 Å². The number of rotatable bonds is 3. The minimum absolute atomic E-state index is 0.0319. The first kappa shape index (κ1) is 20.4. The van der Waals surface area contributed by atoms with Crippen LogP contribution in [-0.4, -0.2) is 69.3 Å². The van der Waals surface area contributed by atoms with E-state index < -0.39 is 0 Å². The molecule has 1 N–H and O–H groups in total. The van der Waals surface area contributed by atoms with Crippen LogP contribution in [0.15, 0.2) is 60.9 Å². The van der Waals surface area contributed by atoms with E-state index in [0.29, 0.717) is 32.3 Å². The highest BCUT2D eigenvalue weighted by atomic mass is 16.5. The molecule has 3 aliphatic heterocycles. The molecule has 2 amide bonds. The quantitative estimate of drug-likeness (QED) is 0.499. The van der Waals surface area contributed by atoms with E-state index in [-0.39, 0.29) is 18.1 Å². The van der Waals surface area contributed by atoms with E-state index >= 15 is 0 Å². The van der Waals surface area contributed by atoms with Crippen LogP contribution in [0, 0.1) is 0 Å². The van der Waals surface area contributed by atoms with E-state index in [1.54, 1.807) is 0 Å². The molecule has 0 aliphatic carbocycles. The van der Waals surface area contributed by atoms with Gasteiger partial charge in [-0.15, -0.1) is 0 Å². The Bertz CT molecular complexity index is 1400. The molecule has 9 heteroatoms. The van der Waals surface area contributed by atoms with Crippen molar-refractivity contribution >= 4 is 23.0 Å². The molecule has 2 aromatic heterocycles. The fourth-order valence-corrected chi connectivity index (χ4v) is 5.45. The number of nitrogens with zero attached hydrogens (tertiary/aromatic N) is 6. The molecule has 0 bridgehead atoms. The van der Waals surface area contributed by atoms with Crippen molar-refractivity contribution in [2.75, 3.05) is 37.7 Å². The number of imidazole rings is 1. The van der Waals surface area contributed by atoms with Crippen LogP contribution in [-0.2, 0) is 11.3 Å². The summed E-state index contributed by atoms with van der Waals surface area (Å²) in [5.74, 6) is 1.65. The number of carbonyl (C=O) groups is 1. The van der Waals surface area contributed by atoms with Crippen molar-refractivity contribution in [2.24, 2.45) is 0 Å². The fourth-order valence-electron chi connectivity index (χ4n) is 5.45. The van der Waals surface area contributed by atoms with Crippen molar-refractivity contribution in [1.29, 1.82) is 0 Å². The number of carbonyl (C=O) groups excluding carboxylic acids is 1. The smallest absolute Gasteiger partial charge is 0.317 e. The predicted octanol–water partition coefficient (Wildman–Crippen LogP) is 2.83. The summed E-state index contributed by atoms with van der Waals surface area (Å²) in [7, 11) is 0. The predicted molar refractivity (Wildman–Crippen MR) is 131 cm³/mol. The molecule has 176 valence electrons. The summed E-state index contributed by atoms with van der Waals surface area (Å²) in [6.07, 6.45) is 3.78. The van der Waals surface area contributed by atoms with E-state index in [0.717, 1.165) is 41.1 Å². The van der Waals surface area contributed by atoms with E-state index in [4.69, 9.17) is 9.72 Å². The maximum absolute atomic E-state index is 11.9. The van der Waals surface area contributed by atoms with Crippen LogP contribution in [0.1, 0.15) is 17.4 Å². The van der Waals surface area contributed by atoms with Gasteiger partial charge in [-0.1, -0.05) is 36.4 Å². The number of urea groups is 1. The highest BCUT2D eigenvalue weighted by Gasteiger charge is 2.36. The topological polar surface area (TPSA) is 88.4 Å². The molecule has 2 atom stereocenters. The van der Waals surface area contributed by atoms with Crippen LogP contribution < -0.4 is 10.2 Å². The Balaban J connectivity index is 1.19. The Morgan fingerprint density at radius 1 is 1.00 bits per heavy atom. The van der Waals surface area contributed by atoms with Gasteiger partial charge >= 0.3 is 6.03 Å². The molecule has 2 aromatic carbocycles. The number of hydrogen-bond donors (Lipinski definition) is 1. The monoisotopic (exact) mass is 467 g/mol. The third-order valence-electron chi connectivity index (χ3n) is 7.25. The van der Waals surface area contributed by atoms with Gasteiger partial charge in [0.2, 0.25) is 5.95 Å². The minimum atomic E-state index is 0.0319. The van der Waals surface area contributed by atoms with Crippen LogP contribution in [0.3, 0.4) is 0 Å². The van der Waals surface area contributed by atoms with Crippen molar-refractivity contribution in [3.8, 4) is 11.1 Å². The lowest BCUT2D eigenvalue weighted by atomic mass is 10.1. The Kier molecular flexibility index (Phi) is 4.70. The highest BCUT2D eigenvalue weighted by molar-refractivity contribution is 5.83. The summed E-state index contributed by atoms with van der Waals surface area (Å²) >= 11 is 0. The van der Waals surface area contributed by atoms with Gasteiger partial charge in [-0.3, -0.25) is 0 Å². The second-order valence-electron chi connectivity index (χ2n) is 9.29. The van der Waals surface area contributed by atoms with Gasteiger partial charge in [0.15, 0.2) is 0 Å². The lowest BCUT2D eigenvalue weighted by molar-refractivity contribution is 0.0679. The standard InChI is InChI=1S/C26H25N7O2/c34-26-29-13-20-14-31(8-9-32(20)26)25-27-11-19(12-28-25)18-6-7-21-22(10-18)33-23(15-35-16-24(33)30-21)17-4-2-1-3-5-17/h1-7,10-12,20,23H,8-9,13-16H2,(H,29,34)/t20?,23-/m1/s1. The molecule has 0 saturated carbocycles. The van der Waals surface area contributed by atoms with Crippen molar-refractivity contribution < 1.29 is 9.53 Å². The molecular weight excluding hydrogens is 442 g/mol. The number of piperazine rings is 1. The van der Waals surface area contributed by atoms with E-state index in [9.17, 15) is 4.79 Å². The Morgan fingerprint density at radius 2 is 1.86 bits per heavy atom. The SMILES string of the molecule is O=C1NCC2CN(c3ncc(-c4ccc5nc6n(c5c4)[C@@H](c4ccccc4)COC6)cn3)CCN12. The number of aromatic nitrogens is 4. The number of hydrogen-bond acceptors (Lipinski definition) is 6. The van der Waals surface area contributed by atoms with E-state index in [1.807, 2.05) is 23.4 Å². The molecular formula is C26H25N7O2. The second kappa shape index (κ2) is 8.06. The number of anilines is 1. The molecule has 2 saturated heterocycles. The summed E-state index contributed by atoms with van der Waals surface area (Å²) < 4.78 is 8.19. The third-order valence-corrected chi connectivity index (χ3v) is 7.25. The first-order valence-electron chi connectivity index (χ1n) is 12.0. The van der Waals surface area contributed by atoms with Gasteiger partial charge in [-0.25, -0.2) is 19.7 Å². The number of nitrogens with one attached hydrogen (secondary N) is 1. The van der Waals surface area contributed by atoms with Crippen LogP contribution in [0.25, 0.3) is 22.2 Å². The number of ether oxygens (including phenoxy) is 1. The third kappa shape index (κ3) is 3.42. The van der Waals surface area contributed by atoms with Gasteiger partial charge in [-0.2, -0.15) is 0 Å². The summed E-state index contributed by atoms with van der Waals surface area (Å²) in [5, 5.41) is 2.92. The van der Waals surface area contributed by atoms with Gasteiger partial charge in [0.1, 0.15) is 12.4 Å². The van der Waals surface area contributed by atoms with Crippen molar-refractivity contribution in [1.82, 2.24) is 29.7 Å². The van der Waals surface area contributed by atoms with Crippen LogP contribution in [0.5, 0.6) is 0 Å². The summed E-state index contributed by atoms with van der Waals surface area (Å²) in [6.45, 7) is 3.99. The maximum Gasteiger partial charge on any atom is 0.317 e. The van der Waals surface area contributed by atoms with Gasteiger partial charge in [0.25, 0.3) is 0 Å². The van der Waals surface area contributed by atoms with Crippen molar-refractivity contribution in [2.45, 2.75) is 18.7 Å². The molecule has 3 aliphatic rings. The minimum Gasteiger partial charge on any atom is -0.371 e. The second-order valence-corrected chi connectivity index (χ2v) is 9.29. The summed E-state index contributed by atoms with van der Waals surface area (Å²) in [4.78, 5) is 30.1. The van der Waals surface area contributed by atoms with E-state index in [1.165, 1.54) is 5.56 Å². The number of fused-ring (bicyclic) bond motifs is 4. The van der Waals surface area contributed by atoms with Gasteiger partial charge in [-0.05, 0) is 23.3 Å². The average molecular weight is 468 g/mol. The van der Waals surface area contributed by atoms with E-state index in [2.05, 4.69) is 67.2 Å². The first-order valence-corrected chi connectivity index (χ1v) is 12.0. The Labute approximate surface area is 202 Å². The largest absolute Gasteiger partial charge is 0.371 e. The van der Waals surface area contributed by atoms with Crippen molar-refractivity contribution in [3.63, 3.8) is 0 Å². The molecule has 35 heavy (non-hydrogen) atoms. The van der Waals surface area contributed by atoms with Crippen LogP contribution in [0.2, 0.25) is 0 Å². The highest BCUT2D eigenvalue weighted by Crippen LogP contribution is 2.33. The zero-order valence-electron chi connectivity index (χ0n) is 19.2. The lowest BCUT2D eigenvalue weighted by Gasteiger charge is -2.36. The molecule has 5 heterocycles.